The molecule has 0 aliphatic heterocycles. The predicted molar refractivity (Wildman–Crippen MR) is 106 cm³/mol. The molecule has 1 aromatic heterocycles. The Morgan fingerprint density at radius 2 is 1.70 bits per heavy atom. The van der Waals surface area contributed by atoms with Gasteiger partial charge >= 0.3 is 6.09 Å². The molecule has 0 spiro atoms. The Labute approximate surface area is 159 Å². The number of thiophene rings is 1. The Kier molecular flexibility index (Phi) is 4.89. The number of anilines is 1. The first-order valence-electron chi connectivity index (χ1n) is 8.26. The van der Waals surface area contributed by atoms with Crippen molar-refractivity contribution in [3.05, 3.63) is 53.8 Å². The van der Waals surface area contributed by atoms with E-state index in [1.54, 1.807) is 39.0 Å². The molecule has 140 valence electrons. The standard InChI is InChI=1S/C20H19FN2O3S/c1-20(2,3)26-19(25)23-18-16(17(22)24)14-9-6-12(10-15(14)27-18)11-4-7-13(21)8-5-11/h4-10H,1-3H3,(H2,22,24)(H,23,25). The fourth-order valence-electron chi connectivity index (χ4n) is 2.65. The molecule has 7 heteroatoms. The highest BCUT2D eigenvalue weighted by Crippen LogP contribution is 2.38. The van der Waals surface area contributed by atoms with E-state index in [-0.39, 0.29) is 11.4 Å². The van der Waals surface area contributed by atoms with Crippen molar-refractivity contribution < 1.29 is 18.7 Å². The zero-order valence-corrected chi connectivity index (χ0v) is 15.9. The number of primary amides is 1. The molecule has 0 aliphatic carbocycles. The lowest BCUT2D eigenvalue weighted by Gasteiger charge is -2.19. The van der Waals surface area contributed by atoms with Crippen LogP contribution < -0.4 is 11.1 Å². The highest BCUT2D eigenvalue weighted by atomic mass is 32.1. The van der Waals surface area contributed by atoms with Crippen LogP contribution in [-0.2, 0) is 4.74 Å². The highest BCUT2D eigenvalue weighted by Gasteiger charge is 2.22. The predicted octanol–water partition coefficient (Wildman–Crippen LogP) is 5.15. The Balaban J connectivity index is 2.01. The minimum atomic E-state index is -0.663. The van der Waals surface area contributed by atoms with Crippen LogP contribution >= 0.6 is 11.3 Å². The summed E-state index contributed by atoms with van der Waals surface area (Å²) in [6.45, 7) is 5.25. The van der Waals surface area contributed by atoms with Crippen molar-refractivity contribution in [1.82, 2.24) is 0 Å². The zero-order valence-electron chi connectivity index (χ0n) is 15.1. The average Bonchev–Trinajstić information content (AvgIpc) is 2.90. The molecule has 0 aliphatic rings. The van der Waals surface area contributed by atoms with E-state index in [0.29, 0.717) is 10.4 Å². The number of halogens is 1. The van der Waals surface area contributed by atoms with Gasteiger partial charge in [0.15, 0.2) is 0 Å². The first-order valence-corrected chi connectivity index (χ1v) is 9.08. The van der Waals surface area contributed by atoms with Crippen molar-refractivity contribution in [1.29, 1.82) is 0 Å². The second-order valence-electron chi connectivity index (χ2n) is 7.02. The van der Waals surface area contributed by atoms with Gasteiger partial charge in [-0.3, -0.25) is 10.1 Å². The highest BCUT2D eigenvalue weighted by molar-refractivity contribution is 7.23. The van der Waals surface area contributed by atoms with E-state index in [4.69, 9.17) is 10.5 Å². The van der Waals surface area contributed by atoms with Gasteiger partial charge in [-0.2, -0.15) is 0 Å². The van der Waals surface area contributed by atoms with Crippen LogP contribution in [0.3, 0.4) is 0 Å². The molecule has 3 N–H and O–H groups in total. The summed E-state index contributed by atoms with van der Waals surface area (Å²) in [5.74, 6) is -0.947. The molecule has 0 unspecified atom stereocenters. The molecule has 0 atom stereocenters. The molecule has 0 bridgehead atoms. The molecule has 0 saturated heterocycles. The SMILES string of the molecule is CC(C)(C)OC(=O)Nc1sc2cc(-c3ccc(F)cc3)ccc2c1C(N)=O. The maximum Gasteiger partial charge on any atom is 0.412 e. The number of fused-ring (bicyclic) bond motifs is 1. The molecule has 0 fully saturated rings. The van der Waals surface area contributed by atoms with E-state index in [1.165, 1.54) is 23.5 Å². The van der Waals surface area contributed by atoms with E-state index in [2.05, 4.69) is 5.32 Å². The van der Waals surface area contributed by atoms with Crippen LogP contribution in [0, 0.1) is 5.82 Å². The number of carbonyl (C=O) groups is 2. The molecule has 0 saturated carbocycles. The van der Waals surface area contributed by atoms with E-state index < -0.39 is 17.6 Å². The molecule has 1 heterocycles. The van der Waals surface area contributed by atoms with Crippen LogP contribution in [0.15, 0.2) is 42.5 Å². The van der Waals surface area contributed by atoms with Gasteiger partial charge in [0.1, 0.15) is 16.4 Å². The summed E-state index contributed by atoms with van der Waals surface area (Å²) in [6, 6.07) is 11.6. The molecule has 2 amide bonds. The Morgan fingerprint density at radius 1 is 1.07 bits per heavy atom. The van der Waals surface area contributed by atoms with Crippen molar-refractivity contribution in [2.75, 3.05) is 5.32 Å². The van der Waals surface area contributed by atoms with Crippen LogP contribution in [-0.4, -0.2) is 17.6 Å². The molecule has 2 aromatic carbocycles. The van der Waals surface area contributed by atoms with Crippen molar-refractivity contribution in [2.24, 2.45) is 5.73 Å². The molecule has 3 aromatic rings. The second kappa shape index (κ2) is 7.00. The van der Waals surface area contributed by atoms with E-state index in [9.17, 15) is 14.0 Å². The van der Waals surface area contributed by atoms with Gasteiger partial charge < -0.3 is 10.5 Å². The van der Waals surface area contributed by atoms with Crippen LogP contribution in [0.25, 0.3) is 21.2 Å². The van der Waals surface area contributed by atoms with Gasteiger partial charge in [-0.05, 0) is 50.1 Å². The van der Waals surface area contributed by atoms with Crippen molar-refractivity contribution in [2.45, 2.75) is 26.4 Å². The number of carbonyl (C=O) groups excluding carboxylic acids is 2. The summed E-state index contributed by atoms with van der Waals surface area (Å²) < 4.78 is 19.2. The summed E-state index contributed by atoms with van der Waals surface area (Å²) in [6.07, 6.45) is -0.657. The van der Waals surface area contributed by atoms with Gasteiger partial charge in [0.25, 0.3) is 5.91 Å². The quantitative estimate of drug-likeness (QED) is 0.653. The fourth-order valence-corrected chi connectivity index (χ4v) is 3.78. The molecular formula is C20H19FN2O3S. The lowest BCUT2D eigenvalue weighted by molar-refractivity contribution is 0.0636. The van der Waals surface area contributed by atoms with Crippen molar-refractivity contribution >= 4 is 38.4 Å². The lowest BCUT2D eigenvalue weighted by Crippen LogP contribution is -2.27. The Bertz CT molecular complexity index is 1020. The zero-order chi connectivity index (χ0) is 19.8. The first kappa shape index (κ1) is 18.8. The monoisotopic (exact) mass is 386 g/mol. The number of benzene rings is 2. The van der Waals surface area contributed by atoms with E-state index in [0.717, 1.165) is 15.8 Å². The van der Waals surface area contributed by atoms with Gasteiger partial charge in [-0.25, -0.2) is 9.18 Å². The third-order valence-corrected chi connectivity index (χ3v) is 4.80. The minimum Gasteiger partial charge on any atom is -0.444 e. The van der Waals surface area contributed by atoms with Crippen LogP contribution in [0.2, 0.25) is 0 Å². The summed E-state index contributed by atoms with van der Waals surface area (Å²) >= 11 is 1.23. The number of ether oxygens (including phenoxy) is 1. The van der Waals surface area contributed by atoms with Crippen LogP contribution in [0.5, 0.6) is 0 Å². The first-order chi connectivity index (χ1) is 12.6. The number of hydrogen-bond donors (Lipinski definition) is 2. The molecule has 5 nitrogen and oxygen atoms in total. The largest absolute Gasteiger partial charge is 0.444 e. The van der Waals surface area contributed by atoms with Crippen LogP contribution in [0.1, 0.15) is 31.1 Å². The number of nitrogens with one attached hydrogen (secondary N) is 1. The van der Waals surface area contributed by atoms with Gasteiger partial charge in [-0.15, -0.1) is 11.3 Å². The number of hydrogen-bond acceptors (Lipinski definition) is 4. The average molecular weight is 386 g/mol. The van der Waals surface area contributed by atoms with Crippen LogP contribution in [0.4, 0.5) is 14.2 Å². The number of amides is 2. The topological polar surface area (TPSA) is 81.4 Å². The normalized spacial score (nSPS) is 11.4. The minimum absolute atomic E-state index is 0.242. The maximum absolute atomic E-state index is 13.1. The van der Waals surface area contributed by atoms with Gasteiger partial charge in [0.2, 0.25) is 0 Å². The summed E-state index contributed by atoms with van der Waals surface area (Å²) in [7, 11) is 0. The lowest BCUT2D eigenvalue weighted by atomic mass is 10.0. The van der Waals surface area contributed by atoms with Gasteiger partial charge in [0, 0.05) is 10.1 Å². The molecule has 27 heavy (non-hydrogen) atoms. The number of nitrogens with two attached hydrogens (primary N) is 1. The van der Waals surface area contributed by atoms with Gasteiger partial charge in [-0.1, -0.05) is 24.3 Å². The molecular weight excluding hydrogens is 367 g/mol. The third kappa shape index (κ3) is 4.25. The van der Waals surface area contributed by atoms with E-state index >= 15 is 0 Å². The molecule has 0 radical (unpaired) electrons. The molecule has 3 rings (SSSR count). The summed E-state index contributed by atoms with van der Waals surface area (Å²) in [5.41, 5.74) is 6.81. The van der Waals surface area contributed by atoms with Gasteiger partial charge in [0.05, 0.1) is 5.56 Å². The van der Waals surface area contributed by atoms with E-state index in [1.807, 2.05) is 12.1 Å². The third-order valence-electron chi connectivity index (χ3n) is 3.73. The number of rotatable bonds is 3. The van der Waals surface area contributed by atoms with Crippen molar-refractivity contribution in [3.8, 4) is 11.1 Å². The Morgan fingerprint density at radius 3 is 2.30 bits per heavy atom. The Hall–Kier alpha value is -2.93. The fraction of sp³-hybridized carbons (Fsp3) is 0.200. The second-order valence-corrected chi connectivity index (χ2v) is 8.07. The smallest absolute Gasteiger partial charge is 0.412 e. The summed E-state index contributed by atoms with van der Waals surface area (Å²) in [4.78, 5) is 24.0. The van der Waals surface area contributed by atoms with Crippen molar-refractivity contribution in [3.63, 3.8) is 0 Å². The summed E-state index contributed by atoms with van der Waals surface area (Å²) in [5, 5.41) is 3.59. The maximum atomic E-state index is 13.1.